The molecule has 0 saturated carbocycles. The number of fused-ring (bicyclic) bond motifs is 1. The summed E-state index contributed by atoms with van der Waals surface area (Å²) in [5, 5.41) is 0. The predicted molar refractivity (Wildman–Crippen MR) is 79.9 cm³/mol. The molecule has 0 bridgehead atoms. The van der Waals surface area contributed by atoms with Crippen molar-refractivity contribution >= 4 is 26.8 Å². The van der Waals surface area contributed by atoms with Crippen LogP contribution in [0.15, 0.2) is 24.5 Å². The van der Waals surface area contributed by atoms with E-state index in [1.54, 1.807) is 23.4 Å². The van der Waals surface area contributed by atoms with Gasteiger partial charge in [-0.1, -0.05) is 6.07 Å². The number of carbonyl (C=O) groups is 1. The molecule has 1 atom stereocenters. The van der Waals surface area contributed by atoms with Crippen LogP contribution in [0.1, 0.15) is 23.7 Å². The van der Waals surface area contributed by atoms with Crippen LogP contribution in [-0.2, 0) is 9.84 Å². The van der Waals surface area contributed by atoms with Crippen molar-refractivity contribution in [3.63, 3.8) is 0 Å². The first kappa shape index (κ1) is 14.1. The summed E-state index contributed by atoms with van der Waals surface area (Å²) in [6.45, 7) is 2.35. The number of amides is 1. The molecule has 3 rings (SSSR count). The lowest BCUT2D eigenvalue weighted by atomic mass is 10.1. The van der Waals surface area contributed by atoms with Crippen molar-refractivity contribution in [3.05, 3.63) is 30.1 Å². The average molecular weight is 307 g/mol. The van der Waals surface area contributed by atoms with E-state index in [1.165, 1.54) is 0 Å². The summed E-state index contributed by atoms with van der Waals surface area (Å²) < 4.78 is 23.3. The zero-order valence-corrected chi connectivity index (χ0v) is 12.6. The molecule has 1 unspecified atom stereocenters. The van der Waals surface area contributed by atoms with Crippen molar-refractivity contribution in [1.29, 1.82) is 0 Å². The molecule has 21 heavy (non-hydrogen) atoms. The molecule has 2 aromatic rings. The van der Waals surface area contributed by atoms with Crippen molar-refractivity contribution in [1.82, 2.24) is 14.9 Å². The van der Waals surface area contributed by atoms with Crippen LogP contribution in [0.2, 0.25) is 0 Å². The van der Waals surface area contributed by atoms with Crippen molar-refractivity contribution in [3.8, 4) is 0 Å². The van der Waals surface area contributed by atoms with E-state index in [9.17, 15) is 13.2 Å². The molecule has 1 fully saturated rings. The van der Waals surface area contributed by atoms with Crippen LogP contribution in [0.25, 0.3) is 11.0 Å². The van der Waals surface area contributed by atoms with Crippen LogP contribution < -0.4 is 0 Å². The Balaban J connectivity index is 1.94. The molecule has 1 aromatic heterocycles. The van der Waals surface area contributed by atoms with Crippen molar-refractivity contribution < 1.29 is 13.2 Å². The normalized spacial score (nSPS) is 20.7. The second-order valence-electron chi connectivity index (χ2n) is 5.25. The van der Waals surface area contributed by atoms with Crippen LogP contribution in [0.3, 0.4) is 0 Å². The summed E-state index contributed by atoms with van der Waals surface area (Å²) in [5.74, 6) is 0.0641. The molecule has 2 heterocycles. The Hall–Kier alpha value is -1.89. The van der Waals surface area contributed by atoms with Gasteiger partial charge in [0, 0.05) is 12.6 Å². The van der Waals surface area contributed by atoms with Gasteiger partial charge in [0.05, 0.1) is 28.9 Å². The third-order valence-electron chi connectivity index (χ3n) is 3.93. The minimum Gasteiger partial charge on any atom is -0.345 e. The molecule has 1 N–H and O–H groups in total. The van der Waals surface area contributed by atoms with Crippen molar-refractivity contribution in [2.45, 2.75) is 19.4 Å². The largest absolute Gasteiger partial charge is 0.345 e. The number of sulfone groups is 1. The molecule has 1 saturated heterocycles. The van der Waals surface area contributed by atoms with Gasteiger partial charge in [0.2, 0.25) is 0 Å². The maximum absolute atomic E-state index is 12.8. The molecule has 112 valence electrons. The number of hydrogen-bond acceptors (Lipinski definition) is 4. The smallest absolute Gasteiger partial charge is 0.256 e. The topological polar surface area (TPSA) is 83.1 Å². The number of nitrogens with one attached hydrogen (secondary N) is 1. The summed E-state index contributed by atoms with van der Waals surface area (Å²) in [4.78, 5) is 21.6. The molecule has 6 nitrogen and oxygen atoms in total. The second-order valence-corrected chi connectivity index (χ2v) is 7.48. The molecule has 1 aromatic carbocycles. The minimum atomic E-state index is -3.01. The highest BCUT2D eigenvalue weighted by molar-refractivity contribution is 7.91. The average Bonchev–Trinajstić information content (AvgIpc) is 3.05. The zero-order chi connectivity index (χ0) is 15.0. The van der Waals surface area contributed by atoms with Crippen LogP contribution in [0.4, 0.5) is 0 Å². The van der Waals surface area contributed by atoms with Gasteiger partial charge in [-0.3, -0.25) is 4.79 Å². The van der Waals surface area contributed by atoms with Crippen molar-refractivity contribution in [2.75, 3.05) is 18.1 Å². The predicted octanol–water partition coefficient (Wildman–Crippen LogP) is 1.21. The Morgan fingerprint density at radius 1 is 1.48 bits per heavy atom. The summed E-state index contributed by atoms with van der Waals surface area (Å²) in [7, 11) is -3.01. The first-order chi connectivity index (χ1) is 10.0. The third-order valence-corrected chi connectivity index (χ3v) is 5.68. The summed E-state index contributed by atoms with van der Waals surface area (Å²) in [6.07, 6.45) is 2.07. The lowest BCUT2D eigenvalue weighted by Gasteiger charge is -2.27. The standard InChI is InChI=1S/C14H17N3O3S/c1-2-17(10-6-7-21(19,20)8-10)14(18)11-4-3-5-12-13(11)16-9-15-12/h3-5,9-10H,2,6-8H2,1H3,(H,15,16). The molecular formula is C14H17N3O3S. The highest BCUT2D eigenvalue weighted by atomic mass is 32.2. The monoisotopic (exact) mass is 307 g/mol. The van der Waals surface area contributed by atoms with E-state index in [0.717, 1.165) is 5.52 Å². The number of hydrogen-bond donors (Lipinski definition) is 1. The fourth-order valence-corrected chi connectivity index (χ4v) is 4.61. The molecule has 1 aliphatic heterocycles. The lowest BCUT2D eigenvalue weighted by molar-refractivity contribution is 0.0710. The number of imidazole rings is 1. The van der Waals surface area contributed by atoms with Gasteiger partial charge in [0.15, 0.2) is 9.84 Å². The molecule has 0 radical (unpaired) electrons. The van der Waals surface area contributed by atoms with E-state index in [1.807, 2.05) is 13.0 Å². The quantitative estimate of drug-likeness (QED) is 0.924. The van der Waals surface area contributed by atoms with E-state index in [2.05, 4.69) is 9.97 Å². The van der Waals surface area contributed by atoms with Crippen LogP contribution >= 0.6 is 0 Å². The van der Waals surface area contributed by atoms with Gasteiger partial charge in [-0.05, 0) is 25.5 Å². The first-order valence-electron chi connectivity index (χ1n) is 6.95. The number of benzene rings is 1. The van der Waals surface area contributed by atoms with Gasteiger partial charge in [0.1, 0.15) is 5.52 Å². The lowest BCUT2D eigenvalue weighted by Crippen LogP contribution is -2.41. The van der Waals surface area contributed by atoms with Gasteiger partial charge in [-0.15, -0.1) is 0 Å². The minimum absolute atomic E-state index is 0.0587. The van der Waals surface area contributed by atoms with E-state index in [4.69, 9.17) is 0 Å². The summed E-state index contributed by atoms with van der Waals surface area (Å²) in [6, 6.07) is 5.15. The summed E-state index contributed by atoms with van der Waals surface area (Å²) in [5.41, 5.74) is 1.94. The van der Waals surface area contributed by atoms with E-state index in [0.29, 0.717) is 24.0 Å². The SMILES string of the molecule is CCN(C(=O)c1cccc2[nH]cnc12)C1CCS(=O)(=O)C1. The second kappa shape index (κ2) is 5.14. The fraction of sp³-hybridized carbons (Fsp3) is 0.429. The Labute approximate surface area is 123 Å². The van der Waals surface area contributed by atoms with Gasteiger partial charge < -0.3 is 9.88 Å². The highest BCUT2D eigenvalue weighted by Gasteiger charge is 2.34. The molecule has 7 heteroatoms. The Morgan fingerprint density at radius 2 is 2.29 bits per heavy atom. The molecule has 0 aliphatic carbocycles. The number of nitrogens with zero attached hydrogens (tertiary/aromatic N) is 2. The van der Waals surface area contributed by atoms with Crippen LogP contribution in [0, 0.1) is 0 Å². The number of aromatic nitrogens is 2. The number of para-hydroxylation sites is 1. The van der Waals surface area contributed by atoms with Gasteiger partial charge in [-0.2, -0.15) is 0 Å². The first-order valence-corrected chi connectivity index (χ1v) is 8.77. The van der Waals surface area contributed by atoms with Crippen LogP contribution in [-0.4, -0.2) is 53.3 Å². The van der Waals surface area contributed by atoms with E-state index >= 15 is 0 Å². The third kappa shape index (κ3) is 2.53. The van der Waals surface area contributed by atoms with Gasteiger partial charge in [0.25, 0.3) is 5.91 Å². The number of aromatic amines is 1. The van der Waals surface area contributed by atoms with Crippen LogP contribution in [0.5, 0.6) is 0 Å². The van der Waals surface area contributed by atoms with Gasteiger partial charge >= 0.3 is 0 Å². The number of H-pyrrole nitrogens is 1. The zero-order valence-electron chi connectivity index (χ0n) is 11.7. The number of carbonyl (C=O) groups excluding carboxylic acids is 1. The van der Waals surface area contributed by atoms with Crippen molar-refractivity contribution in [2.24, 2.45) is 0 Å². The Morgan fingerprint density at radius 3 is 2.95 bits per heavy atom. The maximum atomic E-state index is 12.8. The molecular weight excluding hydrogens is 290 g/mol. The summed E-state index contributed by atoms with van der Waals surface area (Å²) >= 11 is 0. The molecule has 1 amide bonds. The fourth-order valence-electron chi connectivity index (χ4n) is 2.88. The molecule has 1 aliphatic rings. The van der Waals surface area contributed by atoms with Gasteiger partial charge in [-0.25, -0.2) is 13.4 Å². The Bertz CT molecular complexity index is 782. The van der Waals surface area contributed by atoms with E-state index < -0.39 is 9.84 Å². The molecule has 0 spiro atoms. The number of rotatable bonds is 3. The van der Waals surface area contributed by atoms with E-state index in [-0.39, 0.29) is 23.5 Å². The highest BCUT2D eigenvalue weighted by Crippen LogP contribution is 2.22. The maximum Gasteiger partial charge on any atom is 0.256 e. The Kier molecular flexibility index (Phi) is 3.44.